The maximum absolute atomic E-state index is 12.8. The molecule has 0 radical (unpaired) electrons. The molecule has 2 N–H and O–H groups in total. The fourth-order valence-corrected chi connectivity index (χ4v) is 2.30. The quantitative estimate of drug-likeness (QED) is 0.834. The Morgan fingerprint density at radius 2 is 2.14 bits per heavy atom. The summed E-state index contributed by atoms with van der Waals surface area (Å²) in [6, 6.07) is 7.69. The Balaban J connectivity index is 1.75. The Morgan fingerprint density at radius 1 is 1.41 bits per heavy atom. The summed E-state index contributed by atoms with van der Waals surface area (Å²) >= 11 is 0. The molecule has 0 unspecified atom stereocenters. The molecule has 1 aliphatic rings. The van der Waals surface area contributed by atoms with Gasteiger partial charge in [0.15, 0.2) is 0 Å². The van der Waals surface area contributed by atoms with Crippen LogP contribution in [0.3, 0.4) is 0 Å². The van der Waals surface area contributed by atoms with Crippen molar-refractivity contribution >= 4 is 11.6 Å². The number of aromatic nitrogens is 2. The van der Waals surface area contributed by atoms with Crippen LogP contribution >= 0.6 is 0 Å². The standard InChI is InChI=1S/C15H15F2N3O2/c16-15(17)11-7-12(9-5-6-9)20(19-11)8-14(22)18-10-3-1-2-4-13(10)21/h1-4,7,9,15,21H,5-6,8H2,(H,18,22). The number of phenolic OH excluding ortho intramolecular Hbond substituents is 1. The number of alkyl halides is 2. The van der Waals surface area contributed by atoms with Crippen molar-refractivity contribution in [2.45, 2.75) is 31.7 Å². The molecular weight excluding hydrogens is 292 g/mol. The second-order valence-electron chi connectivity index (χ2n) is 5.29. The van der Waals surface area contributed by atoms with Crippen molar-refractivity contribution in [3.63, 3.8) is 0 Å². The maximum atomic E-state index is 12.8. The Kier molecular flexibility index (Phi) is 3.79. The first-order valence-electron chi connectivity index (χ1n) is 6.98. The Bertz CT molecular complexity index is 696. The number of phenols is 1. The van der Waals surface area contributed by atoms with Crippen molar-refractivity contribution in [3.8, 4) is 5.75 Å². The van der Waals surface area contributed by atoms with Gasteiger partial charge in [-0.3, -0.25) is 9.48 Å². The number of amides is 1. The van der Waals surface area contributed by atoms with Gasteiger partial charge < -0.3 is 10.4 Å². The molecule has 116 valence electrons. The summed E-state index contributed by atoms with van der Waals surface area (Å²) in [5, 5.41) is 16.0. The van der Waals surface area contributed by atoms with Gasteiger partial charge in [0.2, 0.25) is 5.91 Å². The van der Waals surface area contributed by atoms with Crippen molar-refractivity contribution in [2.75, 3.05) is 5.32 Å². The lowest BCUT2D eigenvalue weighted by Crippen LogP contribution is -2.21. The highest BCUT2D eigenvalue weighted by atomic mass is 19.3. The van der Waals surface area contributed by atoms with Gasteiger partial charge in [-0.1, -0.05) is 12.1 Å². The molecule has 1 aromatic carbocycles. The van der Waals surface area contributed by atoms with E-state index in [1.165, 1.54) is 16.8 Å². The van der Waals surface area contributed by atoms with E-state index in [1.807, 2.05) is 0 Å². The molecule has 0 bridgehead atoms. The van der Waals surface area contributed by atoms with Crippen LogP contribution in [0.2, 0.25) is 0 Å². The SMILES string of the molecule is O=C(Cn1nc(C(F)F)cc1C1CC1)Nc1ccccc1O. The number of anilines is 1. The number of carbonyl (C=O) groups is 1. The van der Waals surface area contributed by atoms with Crippen LogP contribution in [0.1, 0.15) is 36.6 Å². The van der Waals surface area contributed by atoms with Gasteiger partial charge in [-0.05, 0) is 31.0 Å². The van der Waals surface area contributed by atoms with Crippen LogP contribution in [0.5, 0.6) is 5.75 Å². The number of benzene rings is 1. The van der Waals surface area contributed by atoms with Crippen molar-refractivity contribution in [3.05, 3.63) is 41.7 Å². The molecule has 1 saturated carbocycles. The number of aromatic hydroxyl groups is 1. The zero-order valence-electron chi connectivity index (χ0n) is 11.7. The summed E-state index contributed by atoms with van der Waals surface area (Å²) in [4.78, 5) is 12.0. The third-order valence-corrected chi connectivity index (χ3v) is 3.52. The highest BCUT2D eigenvalue weighted by Crippen LogP contribution is 2.41. The molecule has 3 rings (SSSR count). The number of hydrogen-bond donors (Lipinski definition) is 2. The van der Waals surface area contributed by atoms with Crippen LogP contribution in [0.25, 0.3) is 0 Å². The zero-order valence-corrected chi connectivity index (χ0v) is 11.7. The fourth-order valence-electron chi connectivity index (χ4n) is 2.30. The zero-order chi connectivity index (χ0) is 15.7. The number of carbonyl (C=O) groups excluding carboxylic acids is 1. The molecule has 7 heteroatoms. The Morgan fingerprint density at radius 3 is 2.77 bits per heavy atom. The van der Waals surface area contributed by atoms with Gasteiger partial charge in [0, 0.05) is 11.6 Å². The lowest BCUT2D eigenvalue weighted by Gasteiger charge is -2.09. The van der Waals surface area contributed by atoms with Crippen LogP contribution in [-0.2, 0) is 11.3 Å². The van der Waals surface area contributed by atoms with Crippen LogP contribution < -0.4 is 5.32 Å². The number of nitrogens with one attached hydrogen (secondary N) is 1. The highest BCUT2D eigenvalue weighted by Gasteiger charge is 2.30. The van der Waals surface area contributed by atoms with E-state index in [9.17, 15) is 18.7 Å². The van der Waals surface area contributed by atoms with Crippen molar-refractivity contribution < 1.29 is 18.7 Å². The van der Waals surface area contributed by atoms with Crippen LogP contribution in [0, 0.1) is 0 Å². The molecular formula is C15H15F2N3O2. The van der Waals surface area contributed by atoms with E-state index in [4.69, 9.17) is 0 Å². The second-order valence-corrected chi connectivity index (χ2v) is 5.29. The predicted octanol–water partition coefficient (Wildman–Crippen LogP) is 3.04. The average Bonchev–Trinajstić information content (AvgIpc) is 3.22. The van der Waals surface area contributed by atoms with Crippen molar-refractivity contribution in [1.29, 1.82) is 0 Å². The summed E-state index contributed by atoms with van der Waals surface area (Å²) in [6.45, 7) is -0.160. The summed E-state index contributed by atoms with van der Waals surface area (Å²) < 4.78 is 26.9. The molecule has 1 heterocycles. The molecule has 1 aromatic heterocycles. The smallest absolute Gasteiger partial charge is 0.282 e. The molecule has 0 aliphatic heterocycles. The van der Waals surface area contributed by atoms with E-state index in [-0.39, 0.29) is 29.6 Å². The van der Waals surface area contributed by atoms with Gasteiger partial charge in [-0.2, -0.15) is 5.10 Å². The predicted molar refractivity (Wildman–Crippen MR) is 75.9 cm³/mol. The van der Waals surface area contributed by atoms with Gasteiger partial charge >= 0.3 is 0 Å². The van der Waals surface area contributed by atoms with E-state index >= 15 is 0 Å². The van der Waals surface area contributed by atoms with Crippen LogP contribution in [-0.4, -0.2) is 20.8 Å². The lowest BCUT2D eigenvalue weighted by molar-refractivity contribution is -0.117. The summed E-state index contributed by atoms with van der Waals surface area (Å²) in [7, 11) is 0. The number of hydrogen-bond acceptors (Lipinski definition) is 3. The molecule has 1 aliphatic carbocycles. The average molecular weight is 307 g/mol. The third-order valence-electron chi connectivity index (χ3n) is 3.52. The van der Waals surface area contributed by atoms with Crippen molar-refractivity contribution in [2.24, 2.45) is 0 Å². The van der Waals surface area contributed by atoms with Gasteiger partial charge in [-0.25, -0.2) is 8.78 Å². The second kappa shape index (κ2) is 5.75. The van der Waals surface area contributed by atoms with Gasteiger partial charge in [0.05, 0.1) is 5.69 Å². The summed E-state index contributed by atoms with van der Waals surface area (Å²) in [6.07, 6.45) is -0.801. The normalized spacial score (nSPS) is 14.3. The third kappa shape index (κ3) is 3.08. The Labute approximate surface area is 125 Å². The van der Waals surface area contributed by atoms with Crippen molar-refractivity contribution in [1.82, 2.24) is 9.78 Å². The molecule has 0 atom stereocenters. The summed E-state index contributed by atoms with van der Waals surface area (Å²) in [5.41, 5.74) is 0.640. The number of halogens is 2. The number of rotatable bonds is 5. The molecule has 1 amide bonds. The molecule has 2 aromatic rings. The van der Waals surface area contributed by atoms with E-state index < -0.39 is 12.3 Å². The molecule has 1 fully saturated rings. The lowest BCUT2D eigenvalue weighted by atomic mass is 10.2. The fraction of sp³-hybridized carbons (Fsp3) is 0.333. The van der Waals surface area contributed by atoms with E-state index in [1.54, 1.807) is 18.2 Å². The molecule has 0 saturated heterocycles. The largest absolute Gasteiger partial charge is 0.506 e. The highest BCUT2D eigenvalue weighted by molar-refractivity contribution is 5.92. The number of nitrogens with zero attached hydrogens (tertiary/aromatic N) is 2. The molecule has 0 spiro atoms. The monoisotopic (exact) mass is 307 g/mol. The maximum Gasteiger partial charge on any atom is 0.282 e. The van der Waals surface area contributed by atoms with Gasteiger partial charge in [-0.15, -0.1) is 0 Å². The van der Waals surface area contributed by atoms with E-state index in [0.29, 0.717) is 5.69 Å². The minimum atomic E-state index is -2.65. The molecule has 22 heavy (non-hydrogen) atoms. The van der Waals surface area contributed by atoms with Crippen LogP contribution in [0.4, 0.5) is 14.5 Å². The van der Waals surface area contributed by atoms with E-state index in [2.05, 4.69) is 10.4 Å². The Hall–Kier alpha value is -2.44. The minimum absolute atomic E-state index is 0.0491. The van der Waals surface area contributed by atoms with Gasteiger partial charge in [0.1, 0.15) is 18.0 Å². The first-order chi connectivity index (χ1) is 10.5. The van der Waals surface area contributed by atoms with E-state index in [0.717, 1.165) is 12.8 Å². The number of para-hydroxylation sites is 2. The first kappa shape index (κ1) is 14.5. The molecule has 5 nitrogen and oxygen atoms in total. The minimum Gasteiger partial charge on any atom is -0.506 e. The van der Waals surface area contributed by atoms with Gasteiger partial charge in [0.25, 0.3) is 6.43 Å². The topological polar surface area (TPSA) is 67.2 Å². The van der Waals surface area contributed by atoms with Crippen LogP contribution in [0.15, 0.2) is 30.3 Å². The summed E-state index contributed by atoms with van der Waals surface area (Å²) in [5.74, 6) is -0.266. The first-order valence-corrected chi connectivity index (χ1v) is 6.98.